The Morgan fingerprint density at radius 2 is 1.91 bits per heavy atom. The first-order valence-electron chi connectivity index (χ1n) is 10.8. The van der Waals surface area contributed by atoms with Crippen LogP contribution in [0.4, 0.5) is 5.82 Å². The van der Waals surface area contributed by atoms with Gasteiger partial charge >= 0.3 is 0 Å². The predicted molar refractivity (Wildman–Crippen MR) is 121 cm³/mol. The molecule has 5 N–H and O–H groups in total. The summed E-state index contributed by atoms with van der Waals surface area (Å²) < 4.78 is 6.81. The number of ether oxygens (including phenoxy) is 1. The summed E-state index contributed by atoms with van der Waals surface area (Å²) in [6, 6.07) is 5.34. The molecule has 0 saturated heterocycles. The van der Waals surface area contributed by atoms with Gasteiger partial charge in [-0.05, 0) is 37.8 Å². The van der Waals surface area contributed by atoms with Crippen LogP contribution in [-0.4, -0.2) is 62.3 Å². The van der Waals surface area contributed by atoms with E-state index < -0.39 is 0 Å². The number of nitrogens with zero attached hydrogens (tertiary/aromatic N) is 4. The van der Waals surface area contributed by atoms with Gasteiger partial charge in [0.15, 0.2) is 5.82 Å². The molecule has 1 fully saturated rings. The monoisotopic (exact) mass is 453 g/mol. The number of methoxy groups -OCH3 is 1. The van der Waals surface area contributed by atoms with Crippen LogP contribution in [0.2, 0.25) is 0 Å². The molecule has 0 radical (unpaired) electrons. The number of aliphatic hydroxyl groups excluding tert-OH is 1. The molecule has 33 heavy (non-hydrogen) atoms. The van der Waals surface area contributed by atoms with Gasteiger partial charge in [-0.25, -0.2) is 14.5 Å². The van der Waals surface area contributed by atoms with E-state index in [-0.39, 0.29) is 42.7 Å². The van der Waals surface area contributed by atoms with Gasteiger partial charge in [0.1, 0.15) is 11.8 Å². The van der Waals surface area contributed by atoms with E-state index in [1.165, 1.54) is 13.4 Å². The average Bonchev–Trinajstić information content (AvgIpc) is 3.22. The van der Waals surface area contributed by atoms with E-state index in [9.17, 15) is 9.59 Å². The second-order valence-corrected chi connectivity index (χ2v) is 8.00. The third kappa shape index (κ3) is 4.87. The van der Waals surface area contributed by atoms with Gasteiger partial charge in [0.2, 0.25) is 11.8 Å². The molecule has 1 aliphatic rings. The maximum atomic E-state index is 13.2. The Morgan fingerprint density at radius 3 is 2.61 bits per heavy atom. The van der Waals surface area contributed by atoms with Crippen molar-refractivity contribution in [2.45, 2.75) is 44.2 Å². The van der Waals surface area contributed by atoms with Crippen molar-refractivity contribution < 1.29 is 19.4 Å². The summed E-state index contributed by atoms with van der Waals surface area (Å²) in [6.45, 7) is -0.163. The van der Waals surface area contributed by atoms with Gasteiger partial charge < -0.3 is 26.2 Å². The van der Waals surface area contributed by atoms with Gasteiger partial charge in [-0.2, -0.15) is 5.10 Å². The van der Waals surface area contributed by atoms with Crippen molar-refractivity contribution in [3.63, 3.8) is 0 Å². The first-order valence-corrected chi connectivity index (χ1v) is 10.8. The summed E-state index contributed by atoms with van der Waals surface area (Å²) in [4.78, 5) is 33.1. The minimum atomic E-state index is -0.256. The number of fused-ring (bicyclic) bond motifs is 1. The Hall–Kier alpha value is -3.73. The summed E-state index contributed by atoms with van der Waals surface area (Å²) in [7, 11) is 1.54. The molecule has 4 rings (SSSR count). The minimum Gasteiger partial charge on any atom is -0.481 e. The first kappa shape index (κ1) is 22.5. The molecular weight excluding hydrogens is 426 g/mol. The lowest BCUT2D eigenvalue weighted by atomic mass is 9.91. The van der Waals surface area contributed by atoms with Crippen LogP contribution in [-0.2, 0) is 4.79 Å². The zero-order valence-corrected chi connectivity index (χ0v) is 18.3. The molecule has 3 heterocycles. The highest BCUT2D eigenvalue weighted by Crippen LogP contribution is 2.29. The zero-order valence-electron chi connectivity index (χ0n) is 18.3. The number of rotatable bonds is 7. The zero-order chi connectivity index (χ0) is 23.4. The molecule has 3 aromatic heterocycles. The van der Waals surface area contributed by atoms with E-state index in [2.05, 4.69) is 25.7 Å². The number of carbonyl (C=O) groups is 2. The average molecular weight is 454 g/mol. The molecular formula is C22H27N7O4. The van der Waals surface area contributed by atoms with Crippen LogP contribution in [0.25, 0.3) is 16.8 Å². The number of nitrogen functional groups attached to an aromatic ring is 1. The second kappa shape index (κ2) is 9.82. The first-order chi connectivity index (χ1) is 16.0. The molecule has 0 atom stereocenters. The SMILES string of the molecule is COc1cc(-c2cc(C(=O)N[C@H]3CC[C@H](NC(=O)CCO)CC3)c3c(N)ncnn23)ccn1. The standard InChI is InChI=1S/C22H27N7O4/c1-33-19-10-13(6-8-24-19)17-11-16(20-21(23)25-12-26-29(17)20)22(32)28-15-4-2-14(3-5-15)27-18(31)7-9-30/h6,8,10-12,14-15,30H,2-5,7,9H2,1H3,(H,27,31)(H,28,32)(H2,23,25,26)/t14-,15-. The fourth-order valence-corrected chi connectivity index (χ4v) is 4.17. The normalized spacial score (nSPS) is 18.1. The molecule has 0 aliphatic heterocycles. The number of nitrogens with one attached hydrogen (secondary N) is 2. The molecule has 0 unspecified atom stereocenters. The number of hydrogen-bond acceptors (Lipinski definition) is 8. The van der Waals surface area contributed by atoms with E-state index in [0.717, 1.165) is 31.2 Å². The number of carbonyl (C=O) groups excluding carboxylic acids is 2. The molecule has 0 spiro atoms. The van der Waals surface area contributed by atoms with Gasteiger partial charge in [-0.15, -0.1) is 0 Å². The maximum Gasteiger partial charge on any atom is 0.253 e. The molecule has 1 aliphatic carbocycles. The largest absolute Gasteiger partial charge is 0.481 e. The van der Waals surface area contributed by atoms with E-state index in [0.29, 0.717) is 22.7 Å². The number of amides is 2. The number of aliphatic hydroxyl groups is 1. The van der Waals surface area contributed by atoms with Crippen LogP contribution >= 0.6 is 0 Å². The summed E-state index contributed by atoms with van der Waals surface area (Å²) in [5.74, 6) is 0.242. The molecule has 1 saturated carbocycles. The fraction of sp³-hybridized carbons (Fsp3) is 0.409. The maximum absolute atomic E-state index is 13.2. The lowest BCUT2D eigenvalue weighted by Crippen LogP contribution is -2.43. The number of nitrogens with two attached hydrogens (primary N) is 1. The van der Waals surface area contributed by atoms with Crippen LogP contribution in [0.3, 0.4) is 0 Å². The van der Waals surface area contributed by atoms with Gasteiger partial charge in [0, 0.05) is 36.3 Å². The topological polar surface area (TPSA) is 157 Å². The van der Waals surface area contributed by atoms with Crippen LogP contribution in [0, 0.1) is 0 Å². The Bertz CT molecular complexity index is 1150. The number of hydrogen-bond donors (Lipinski definition) is 4. The van der Waals surface area contributed by atoms with Crippen LogP contribution in [0.15, 0.2) is 30.7 Å². The van der Waals surface area contributed by atoms with Crippen molar-refractivity contribution in [3.05, 3.63) is 36.3 Å². The highest BCUT2D eigenvalue weighted by molar-refractivity contribution is 6.05. The minimum absolute atomic E-state index is 0.0197. The Balaban J connectivity index is 1.53. The van der Waals surface area contributed by atoms with Crippen LogP contribution < -0.4 is 21.1 Å². The number of aromatic nitrogens is 4. The molecule has 3 aromatic rings. The van der Waals surface area contributed by atoms with Gasteiger partial charge in [0.25, 0.3) is 5.91 Å². The summed E-state index contributed by atoms with van der Waals surface area (Å²) in [6.07, 6.45) is 6.06. The van der Waals surface area contributed by atoms with Crippen molar-refractivity contribution in [3.8, 4) is 17.1 Å². The van der Waals surface area contributed by atoms with E-state index in [4.69, 9.17) is 15.6 Å². The molecule has 0 bridgehead atoms. The van der Waals surface area contributed by atoms with Crippen molar-refractivity contribution in [2.75, 3.05) is 19.5 Å². The Labute approximate surface area is 190 Å². The highest BCUT2D eigenvalue weighted by atomic mass is 16.5. The van der Waals surface area contributed by atoms with Gasteiger partial charge in [-0.3, -0.25) is 9.59 Å². The molecule has 11 heteroatoms. The van der Waals surface area contributed by atoms with Gasteiger partial charge in [-0.1, -0.05) is 0 Å². The third-order valence-corrected chi connectivity index (χ3v) is 5.83. The summed E-state index contributed by atoms with van der Waals surface area (Å²) in [5, 5.41) is 19.2. The fourth-order valence-electron chi connectivity index (χ4n) is 4.17. The number of pyridine rings is 1. The molecule has 11 nitrogen and oxygen atoms in total. The lowest BCUT2D eigenvalue weighted by Gasteiger charge is -2.29. The smallest absolute Gasteiger partial charge is 0.253 e. The van der Waals surface area contributed by atoms with Crippen molar-refractivity contribution in [1.29, 1.82) is 0 Å². The predicted octanol–water partition coefficient (Wildman–Crippen LogP) is 0.922. The second-order valence-electron chi connectivity index (χ2n) is 8.00. The van der Waals surface area contributed by atoms with Crippen LogP contribution in [0.5, 0.6) is 5.88 Å². The van der Waals surface area contributed by atoms with E-state index in [1.807, 2.05) is 0 Å². The summed E-state index contributed by atoms with van der Waals surface area (Å²) >= 11 is 0. The lowest BCUT2D eigenvalue weighted by molar-refractivity contribution is -0.122. The molecule has 0 aromatic carbocycles. The van der Waals surface area contributed by atoms with E-state index >= 15 is 0 Å². The van der Waals surface area contributed by atoms with Crippen molar-refractivity contribution in [2.24, 2.45) is 0 Å². The molecule has 2 amide bonds. The number of anilines is 1. The van der Waals surface area contributed by atoms with Gasteiger partial charge in [0.05, 0.1) is 25.0 Å². The van der Waals surface area contributed by atoms with Crippen molar-refractivity contribution >= 4 is 23.1 Å². The summed E-state index contributed by atoms with van der Waals surface area (Å²) in [5.41, 5.74) is 8.38. The van der Waals surface area contributed by atoms with E-state index in [1.54, 1.807) is 28.9 Å². The van der Waals surface area contributed by atoms with Crippen LogP contribution in [0.1, 0.15) is 42.5 Å². The Morgan fingerprint density at radius 1 is 1.18 bits per heavy atom. The quantitative estimate of drug-likeness (QED) is 0.411. The molecule has 174 valence electrons. The third-order valence-electron chi connectivity index (χ3n) is 5.83. The highest BCUT2D eigenvalue weighted by Gasteiger charge is 2.26. The Kier molecular flexibility index (Phi) is 6.68. The van der Waals surface area contributed by atoms with Crippen molar-refractivity contribution in [1.82, 2.24) is 30.2 Å².